The summed E-state index contributed by atoms with van der Waals surface area (Å²) < 4.78 is 0. The largest absolute Gasteiger partial charge is 0.0619 e. The second-order valence-corrected chi connectivity index (χ2v) is 19.2. The Morgan fingerprint density at radius 1 is 0.234 bits per heavy atom. The zero-order chi connectivity index (χ0) is 42.9. The Morgan fingerprint density at radius 2 is 0.688 bits per heavy atom. The van der Waals surface area contributed by atoms with Gasteiger partial charge in [0, 0.05) is 10.8 Å². The molecule has 0 bridgehead atoms. The third-order valence-electron chi connectivity index (χ3n) is 15.0. The molecule has 0 unspecified atom stereocenters. The molecule has 0 saturated carbocycles. The molecule has 0 nitrogen and oxygen atoms in total. The fraction of sp³-hybridized carbons (Fsp3) is 0.0938. The van der Waals surface area contributed by atoms with E-state index in [-0.39, 0.29) is 10.8 Å². The van der Waals surface area contributed by atoms with Gasteiger partial charge in [-0.05, 0) is 162 Å². The predicted molar refractivity (Wildman–Crippen MR) is 273 cm³/mol. The van der Waals surface area contributed by atoms with E-state index in [0.29, 0.717) is 0 Å². The zero-order valence-electron chi connectivity index (χ0n) is 36.6. The Kier molecular flexibility index (Phi) is 7.80. The molecule has 0 amide bonds. The summed E-state index contributed by atoms with van der Waals surface area (Å²) in [4.78, 5) is 0. The van der Waals surface area contributed by atoms with Gasteiger partial charge in [-0.15, -0.1) is 0 Å². The highest BCUT2D eigenvalue weighted by molar-refractivity contribution is 6.22. The van der Waals surface area contributed by atoms with Crippen LogP contribution in [0.15, 0.2) is 206 Å². The summed E-state index contributed by atoms with van der Waals surface area (Å²) in [6.07, 6.45) is 0. The Bertz CT molecular complexity index is 3780. The van der Waals surface area contributed by atoms with Gasteiger partial charge in [0.1, 0.15) is 0 Å². The molecule has 0 aliphatic heterocycles. The van der Waals surface area contributed by atoms with Crippen LogP contribution in [0.25, 0.3) is 110 Å². The summed E-state index contributed by atoms with van der Waals surface area (Å²) in [7, 11) is 0. The lowest BCUT2D eigenvalue weighted by Gasteiger charge is -2.23. The molecule has 0 heteroatoms. The summed E-state index contributed by atoms with van der Waals surface area (Å²) in [6.45, 7) is 9.53. The molecule has 0 fully saturated rings. The van der Waals surface area contributed by atoms with Crippen LogP contribution in [0.5, 0.6) is 0 Å². The van der Waals surface area contributed by atoms with Gasteiger partial charge >= 0.3 is 0 Å². The monoisotopic (exact) mass is 814 g/mol. The van der Waals surface area contributed by atoms with Crippen LogP contribution < -0.4 is 0 Å². The van der Waals surface area contributed by atoms with Crippen LogP contribution in [0.3, 0.4) is 0 Å². The summed E-state index contributed by atoms with van der Waals surface area (Å²) in [5.74, 6) is 0. The summed E-state index contributed by atoms with van der Waals surface area (Å²) >= 11 is 0. The fourth-order valence-corrected chi connectivity index (χ4v) is 11.9. The molecule has 0 heterocycles. The third-order valence-corrected chi connectivity index (χ3v) is 15.0. The first-order valence-corrected chi connectivity index (χ1v) is 22.7. The van der Waals surface area contributed by atoms with Crippen LogP contribution in [0.4, 0.5) is 0 Å². The topological polar surface area (TPSA) is 0 Å². The first-order chi connectivity index (χ1) is 31.3. The van der Waals surface area contributed by atoms with Crippen LogP contribution in [-0.2, 0) is 10.8 Å². The molecule has 0 atom stereocenters. The van der Waals surface area contributed by atoms with Crippen molar-refractivity contribution in [2.45, 2.75) is 38.5 Å². The molecule has 0 spiro atoms. The third kappa shape index (κ3) is 5.23. The molecule has 0 aromatic heterocycles. The minimum absolute atomic E-state index is 0.0799. The second-order valence-electron chi connectivity index (χ2n) is 19.2. The van der Waals surface area contributed by atoms with Crippen LogP contribution in [-0.4, -0.2) is 0 Å². The predicted octanol–water partition coefficient (Wildman–Crippen LogP) is 17.6. The quantitative estimate of drug-likeness (QED) is 0.123. The van der Waals surface area contributed by atoms with Crippen LogP contribution in [0.1, 0.15) is 49.9 Å². The van der Waals surface area contributed by atoms with E-state index in [2.05, 4.69) is 234 Å². The number of rotatable bonds is 4. The van der Waals surface area contributed by atoms with Crippen molar-refractivity contribution in [3.8, 4) is 66.8 Å². The van der Waals surface area contributed by atoms with E-state index in [4.69, 9.17) is 0 Å². The van der Waals surface area contributed by atoms with Crippen molar-refractivity contribution in [3.63, 3.8) is 0 Å². The first-order valence-electron chi connectivity index (χ1n) is 22.7. The highest BCUT2D eigenvalue weighted by Crippen LogP contribution is 2.53. The van der Waals surface area contributed by atoms with Gasteiger partial charge in [-0.25, -0.2) is 0 Å². The van der Waals surface area contributed by atoms with Gasteiger partial charge in [0.05, 0.1) is 0 Å². The number of benzene rings is 11. The maximum Gasteiger partial charge on any atom is 0.0159 e. The maximum atomic E-state index is 2.50. The van der Waals surface area contributed by atoms with E-state index in [1.54, 1.807) is 0 Å². The minimum atomic E-state index is -0.110. The molecule has 302 valence electrons. The molecule has 0 saturated heterocycles. The van der Waals surface area contributed by atoms with E-state index in [0.717, 1.165) is 0 Å². The van der Waals surface area contributed by atoms with Gasteiger partial charge in [-0.3, -0.25) is 0 Å². The summed E-state index contributed by atoms with van der Waals surface area (Å²) in [5, 5.41) is 10.2. The Hall–Kier alpha value is -7.54. The van der Waals surface area contributed by atoms with E-state index in [1.165, 1.54) is 132 Å². The molecule has 13 rings (SSSR count). The van der Waals surface area contributed by atoms with Crippen LogP contribution in [0, 0.1) is 0 Å². The Morgan fingerprint density at radius 3 is 1.38 bits per heavy atom. The van der Waals surface area contributed by atoms with Crippen molar-refractivity contribution in [1.82, 2.24) is 0 Å². The molecule has 0 radical (unpaired) electrons. The van der Waals surface area contributed by atoms with Gasteiger partial charge in [0.25, 0.3) is 0 Å². The van der Waals surface area contributed by atoms with Gasteiger partial charge in [-0.1, -0.05) is 204 Å². The highest BCUT2D eigenvalue weighted by atomic mass is 14.4. The van der Waals surface area contributed by atoms with Crippen molar-refractivity contribution in [1.29, 1.82) is 0 Å². The molecule has 11 aromatic carbocycles. The average molecular weight is 815 g/mol. The second kappa shape index (κ2) is 13.5. The molecule has 2 aliphatic rings. The van der Waals surface area contributed by atoms with Crippen molar-refractivity contribution in [3.05, 3.63) is 229 Å². The normalized spacial score (nSPS) is 14.2. The summed E-state index contributed by atoms with van der Waals surface area (Å²) in [5.41, 5.74) is 20.8. The molecular weight excluding hydrogens is 769 g/mol. The molecule has 2 aliphatic carbocycles. The minimum Gasteiger partial charge on any atom is -0.0619 e. The van der Waals surface area contributed by atoms with Gasteiger partial charge in [0.2, 0.25) is 0 Å². The SMILES string of the molecule is CC1(C)c2ccccc2-c2ccc(-c3ccc4c(-c5cccc(-c6cc7ccccc7c7ccccc67)c5)c5ccccc5c(-c5ccc6c(c5)C(C)(C)c5ccccc5-6)c4c3)cc21. The van der Waals surface area contributed by atoms with E-state index in [9.17, 15) is 0 Å². The van der Waals surface area contributed by atoms with Gasteiger partial charge in [-0.2, -0.15) is 0 Å². The van der Waals surface area contributed by atoms with E-state index < -0.39 is 0 Å². The van der Waals surface area contributed by atoms with Crippen molar-refractivity contribution in [2.24, 2.45) is 0 Å². The number of fused-ring (bicyclic) bond motifs is 11. The lowest BCUT2D eigenvalue weighted by molar-refractivity contribution is 0.660. The first kappa shape index (κ1) is 37.1. The smallest absolute Gasteiger partial charge is 0.0159 e. The number of hydrogen-bond donors (Lipinski definition) is 0. The van der Waals surface area contributed by atoms with Gasteiger partial charge < -0.3 is 0 Å². The highest BCUT2D eigenvalue weighted by Gasteiger charge is 2.37. The molecule has 64 heavy (non-hydrogen) atoms. The van der Waals surface area contributed by atoms with Crippen molar-refractivity contribution in [2.75, 3.05) is 0 Å². The maximum absolute atomic E-state index is 2.50. The van der Waals surface area contributed by atoms with Crippen LogP contribution >= 0.6 is 0 Å². The van der Waals surface area contributed by atoms with Crippen molar-refractivity contribution < 1.29 is 0 Å². The molecule has 0 N–H and O–H groups in total. The van der Waals surface area contributed by atoms with E-state index >= 15 is 0 Å². The summed E-state index contributed by atoms with van der Waals surface area (Å²) in [6, 6.07) is 78.0. The Balaban J connectivity index is 1.07. The lowest BCUT2D eigenvalue weighted by Crippen LogP contribution is -2.14. The lowest BCUT2D eigenvalue weighted by atomic mass is 9.80. The number of hydrogen-bond acceptors (Lipinski definition) is 0. The van der Waals surface area contributed by atoms with Crippen LogP contribution in [0.2, 0.25) is 0 Å². The molecule has 11 aromatic rings. The Labute approximate surface area is 375 Å². The zero-order valence-corrected chi connectivity index (χ0v) is 36.6. The van der Waals surface area contributed by atoms with Crippen molar-refractivity contribution >= 4 is 43.1 Å². The average Bonchev–Trinajstić information content (AvgIpc) is 3.71. The van der Waals surface area contributed by atoms with E-state index in [1.807, 2.05) is 0 Å². The fourth-order valence-electron chi connectivity index (χ4n) is 11.9. The van der Waals surface area contributed by atoms with Gasteiger partial charge in [0.15, 0.2) is 0 Å². The molecular formula is C64H46. The standard InChI is InChI=1S/C64H46/c1-63(2)57-26-13-11-22-48(57)50-31-28-40(37-59(50)63)39-29-33-54-56(35-39)62(44-30-32-51-49-23-12-14-27-58(49)64(3,4)60(51)38-44)53-25-10-9-24-52(53)61(54)43-18-15-17-41(34-43)55-36-42-16-5-6-19-45(42)46-20-7-8-21-47(46)55/h5-38H,1-4H3.